The third-order valence-corrected chi connectivity index (χ3v) is 2.47. The molecule has 13 heavy (non-hydrogen) atoms. The van der Waals surface area contributed by atoms with Gasteiger partial charge in [-0.2, -0.15) is 0 Å². The number of methoxy groups -OCH3 is 1. The van der Waals surface area contributed by atoms with Gasteiger partial charge in [0.25, 0.3) is 0 Å². The fraction of sp³-hybridized carbons (Fsp3) is 0.250. The van der Waals surface area contributed by atoms with Crippen LogP contribution in [0.5, 0.6) is 0 Å². The quantitative estimate of drug-likeness (QED) is 0.742. The molecular formula is C8H9IN2O2. The minimum Gasteiger partial charge on any atom is -0.452 e. The number of pyridine rings is 1. The lowest BCUT2D eigenvalue weighted by Crippen LogP contribution is -2.26. The lowest BCUT2D eigenvalue weighted by molar-refractivity contribution is 0.180. The van der Waals surface area contributed by atoms with E-state index in [0.29, 0.717) is 0 Å². The minimum atomic E-state index is -0.397. The van der Waals surface area contributed by atoms with Crippen LogP contribution in [0.1, 0.15) is 0 Å². The van der Waals surface area contributed by atoms with E-state index < -0.39 is 6.09 Å². The van der Waals surface area contributed by atoms with Crippen LogP contribution in [0.3, 0.4) is 0 Å². The van der Waals surface area contributed by atoms with E-state index in [9.17, 15) is 4.79 Å². The van der Waals surface area contributed by atoms with Crippen molar-refractivity contribution in [3.8, 4) is 0 Å². The molecule has 0 aliphatic carbocycles. The van der Waals surface area contributed by atoms with Crippen LogP contribution in [-0.4, -0.2) is 25.2 Å². The van der Waals surface area contributed by atoms with Crippen LogP contribution >= 0.6 is 22.6 Å². The average molecular weight is 292 g/mol. The van der Waals surface area contributed by atoms with Crippen LogP contribution in [0.15, 0.2) is 18.5 Å². The van der Waals surface area contributed by atoms with Gasteiger partial charge in [-0.15, -0.1) is 0 Å². The molecule has 1 amide bonds. The topological polar surface area (TPSA) is 42.4 Å². The van der Waals surface area contributed by atoms with Gasteiger partial charge in [0.15, 0.2) is 0 Å². The van der Waals surface area contributed by atoms with Gasteiger partial charge in [0, 0.05) is 16.8 Å². The number of carbonyl (C=O) groups is 1. The van der Waals surface area contributed by atoms with E-state index in [-0.39, 0.29) is 0 Å². The van der Waals surface area contributed by atoms with Crippen molar-refractivity contribution in [1.82, 2.24) is 4.98 Å². The lowest BCUT2D eigenvalue weighted by Gasteiger charge is -2.15. The monoisotopic (exact) mass is 292 g/mol. The van der Waals surface area contributed by atoms with Crippen molar-refractivity contribution in [3.63, 3.8) is 0 Å². The highest BCUT2D eigenvalue weighted by molar-refractivity contribution is 14.1. The van der Waals surface area contributed by atoms with Crippen molar-refractivity contribution < 1.29 is 9.53 Å². The van der Waals surface area contributed by atoms with Crippen molar-refractivity contribution in [2.45, 2.75) is 0 Å². The second-order valence-electron chi connectivity index (χ2n) is 2.36. The number of ether oxygens (including phenoxy) is 1. The number of anilines is 1. The third kappa shape index (κ3) is 2.30. The van der Waals surface area contributed by atoms with Crippen molar-refractivity contribution in [1.29, 1.82) is 0 Å². The lowest BCUT2D eigenvalue weighted by atomic mass is 10.4. The zero-order valence-corrected chi connectivity index (χ0v) is 9.48. The number of hydrogen-bond donors (Lipinski definition) is 0. The maximum Gasteiger partial charge on any atom is 0.413 e. The fourth-order valence-electron chi connectivity index (χ4n) is 0.851. The summed E-state index contributed by atoms with van der Waals surface area (Å²) in [5.41, 5.74) is 0.745. The summed E-state index contributed by atoms with van der Waals surface area (Å²) in [4.78, 5) is 16.5. The van der Waals surface area contributed by atoms with Crippen LogP contribution in [0.4, 0.5) is 10.5 Å². The summed E-state index contributed by atoms with van der Waals surface area (Å²) in [5, 5.41) is 0. The molecular weight excluding hydrogens is 283 g/mol. The molecule has 0 aliphatic heterocycles. The number of amides is 1. The summed E-state index contributed by atoms with van der Waals surface area (Å²) < 4.78 is 5.54. The van der Waals surface area contributed by atoms with Crippen LogP contribution in [0.25, 0.3) is 0 Å². The van der Waals surface area contributed by atoms with Crippen molar-refractivity contribution in [3.05, 3.63) is 22.0 Å². The molecule has 1 aromatic rings. The molecule has 0 saturated carbocycles. The molecule has 0 spiro atoms. The first-order valence-corrected chi connectivity index (χ1v) is 4.66. The normalized spacial score (nSPS) is 9.46. The van der Waals surface area contributed by atoms with E-state index in [1.807, 2.05) is 6.07 Å². The highest BCUT2D eigenvalue weighted by Gasteiger charge is 2.12. The molecule has 0 radical (unpaired) electrons. The van der Waals surface area contributed by atoms with Gasteiger partial charge in [-0.05, 0) is 28.7 Å². The van der Waals surface area contributed by atoms with E-state index in [2.05, 4.69) is 32.3 Å². The Balaban J connectivity index is 2.95. The first kappa shape index (κ1) is 10.2. The Morgan fingerprint density at radius 3 is 2.92 bits per heavy atom. The summed E-state index contributed by atoms with van der Waals surface area (Å²) in [6, 6.07) is 1.83. The predicted molar refractivity (Wildman–Crippen MR) is 57.8 cm³/mol. The van der Waals surface area contributed by atoms with Gasteiger partial charge in [-0.3, -0.25) is 9.88 Å². The second-order valence-corrected chi connectivity index (χ2v) is 3.52. The van der Waals surface area contributed by atoms with Gasteiger partial charge in [0.05, 0.1) is 19.0 Å². The van der Waals surface area contributed by atoms with Gasteiger partial charge < -0.3 is 4.74 Å². The van der Waals surface area contributed by atoms with E-state index in [0.717, 1.165) is 9.26 Å². The molecule has 0 saturated heterocycles. The Labute approximate surface area is 90.0 Å². The van der Waals surface area contributed by atoms with E-state index in [1.54, 1.807) is 19.4 Å². The highest BCUT2D eigenvalue weighted by atomic mass is 127. The molecule has 4 nitrogen and oxygen atoms in total. The minimum absolute atomic E-state index is 0.397. The Morgan fingerprint density at radius 2 is 2.38 bits per heavy atom. The first-order chi connectivity index (χ1) is 6.16. The van der Waals surface area contributed by atoms with Crippen molar-refractivity contribution in [2.75, 3.05) is 19.1 Å². The Hall–Kier alpha value is -0.850. The smallest absolute Gasteiger partial charge is 0.413 e. The molecule has 70 valence electrons. The Bertz CT molecular complexity index is 317. The van der Waals surface area contributed by atoms with Crippen LogP contribution in [0.2, 0.25) is 0 Å². The maximum atomic E-state index is 11.1. The molecule has 0 bridgehead atoms. The molecule has 5 heteroatoms. The molecule has 0 atom stereocenters. The molecule has 0 fully saturated rings. The molecule has 1 aromatic heterocycles. The largest absolute Gasteiger partial charge is 0.452 e. The van der Waals surface area contributed by atoms with Gasteiger partial charge >= 0.3 is 6.09 Å². The summed E-state index contributed by atoms with van der Waals surface area (Å²) in [6.07, 6.45) is 2.90. The second kappa shape index (κ2) is 4.40. The first-order valence-electron chi connectivity index (χ1n) is 3.58. The van der Waals surface area contributed by atoms with Crippen LogP contribution in [-0.2, 0) is 4.74 Å². The SMILES string of the molecule is COC(=O)N(C)c1cnccc1I. The number of aromatic nitrogens is 1. The van der Waals surface area contributed by atoms with Crippen LogP contribution in [0, 0.1) is 3.57 Å². The summed E-state index contributed by atoms with van der Waals surface area (Å²) in [6.45, 7) is 0. The number of halogens is 1. The van der Waals surface area contributed by atoms with Crippen molar-refractivity contribution in [2.24, 2.45) is 0 Å². The highest BCUT2D eigenvalue weighted by Crippen LogP contribution is 2.19. The zero-order chi connectivity index (χ0) is 9.84. The third-order valence-electron chi connectivity index (χ3n) is 1.56. The predicted octanol–water partition coefficient (Wildman–Crippen LogP) is 1.89. The summed E-state index contributed by atoms with van der Waals surface area (Å²) >= 11 is 2.14. The van der Waals surface area contributed by atoms with Gasteiger partial charge in [-0.25, -0.2) is 4.79 Å². The van der Waals surface area contributed by atoms with E-state index >= 15 is 0 Å². The molecule has 0 N–H and O–H groups in total. The van der Waals surface area contributed by atoms with Gasteiger partial charge in [0.2, 0.25) is 0 Å². The summed E-state index contributed by atoms with van der Waals surface area (Å²) in [7, 11) is 2.99. The van der Waals surface area contributed by atoms with Crippen molar-refractivity contribution >= 4 is 34.4 Å². The number of rotatable bonds is 1. The van der Waals surface area contributed by atoms with E-state index in [4.69, 9.17) is 0 Å². The maximum absolute atomic E-state index is 11.1. The Morgan fingerprint density at radius 1 is 1.69 bits per heavy atom. The van der Waals surface area contributed by atoms with E-state index in [1.165, 1.54) is 12.0 Å². The molecule has 0 unspecified atom stereocenters. The van der Waals surface area contributed by atoms with Gasteiger partial charge in [0.1, 0.15) is 0 Å². The standard InChI is InChI=1S/C8H9IN2O2/c1-11(8(12)13-2)7-5-10-4-3-6(7)9/h3-5H,1-2H3. The number of hydrogen-bond acceptors (Lipinski definition) is 3. The molecule has 1 rings (SSSR count). The van der Waals surface area contributed by atoms with Crippen LogP contribution < -0.4 is 4.90 Å². The fourth-order valence-corrected chi connectivity index (χ4v) is 1.51. The molecule has 0 aliphatic rings. The summed E-state index contributed by atoms with van der Waals surface area (Å²) in [5.74, 6) is 0. The van der Waals surface area contributed by atoms with Gasteiger partial charge in [-0.1, -0.05) is 0 Å². The molecule has 1 heterocycles. The number of carbonyl (C=O) groups excluding carboxylic acids is 1. The zero-order valence-electron chi connectivity index (χ0n) is 7.32. The Kier molecular flexibility index (Phi) is 3.47. The average Bonchev–Trinajstić information content (AvgIpc) is 2.16. The molecule has 0 aromatic carbocycles. The number of nitrogens with zero attached hydrogens (tertiary/aromatic N) is 2.